The molecule has 2 rings (SSSR count). The van der Waals surface area contributed by atoms with Crippen molar-refractivity contribution in [1.82, 2.24) is 5.32 Å². The summed E-state index contributed by atoms with van der Waals surface area (Å²) in [5.41, 5.74) is 1.31. The fourth-order valence-corrected chi connectivity index (χ4v) is 2.90. The molecule has 1 amide bonds. The van der Waals surface area contributed by atoms with Crippen molar-refractivity contribution in [3.8, 4) is 0 Å². The summed E-state index contributed by atoms with van der Waals surface area (Å²) in [6.07, 6.45) is 0. The van der Waals surface area contributed by atoms with Crippen molar-refractivity contribution >= 4 is 23.6 Å². The first-order valence-electron chi connectivity index (χ1n) is 7.37. The van der Waals surface area contributed by atoms with Gasteiger partial charge in [-0.1, -0.05) is 24.3 Å². The van der Waals surface area contributed by atoms with Gasteiger partial charge in [-0.25, -0.2) is 9.18 Å². The maximum atomic E-state index is 13.6. The van der Waals surface area contributed by atoms with E-state index in [-0.39, 0.29) is 11.7 Å². The van der Waals surface area contributed by atoms with E-state index in [4.69, 9.17) is 0 Å². The molecule has 0 saturated heterocycles. The van der Waals surface area contributed by atoms with Gasteiger partial charge >= 0.3 is 5.97 Å². The van der Waals surface area contributed by atoms with E-state index < -0.39 is 11.2 Å². The second kappa shape index (κ2) is 8.49. The van der Waals surface area contributed by atoms with E-state index in [1.54, 1.807) is 49.4 Å². The van der Waals surface area contributed by atoms with Gasteiger partial charge in [0.05, 0.1) is 17.9 Å². The number of carbonyl (C=O) groups excluding carboxylic acids is 2. The highest BCUT2D eigenvalue weighted by Crippen LogP contribution is 2.25. The number of esters is 1. The number of thioether (sulfide) groups is 1. The number of rotatable bonds is 6. The molecule has 0 aliphatic carbocycles. The molecule has 0 fully saturated rings. The summed E-state index contributed by atoms with van der Waals surface area (Å²) in [5.74, 6) is -0.915. The van der Waals surface area contributed by atoms with Crippen LogP contribution >= 0.6 is 11.8 Å². The van der Waals surface area contributed by atoms with Crippen LogP contribution in [-0.4, -0.2) is 24.2 Å². The fraction of sp³-hybridized carbons (Fsp3) is 0.222. The van der Waals surface area contributed by atoms with Crippen LogP contribution in [0.15, 0.2) is 53.4 Å². The van der Waals surface area contributed by atoms with Crippen LogP contribution in [0.1, 0.15) is 22.8 Å². The number of hydrogen-bond donors (Lipinski definition) is 1. The lowest BCUT2D eigenvalue weighted by Crippen LogP contribution is -2.30. The Morgan fingerprint density at radius 3 is 2.46 bits per heavy atom. The Morgan fingerprint density at radius 2 is 1.83 bits per heavy atom. The van der Waals surface area contributed by atoms with Gasteiger partial charge in [0.1, 0.15) is 5.82 Å². The van der Waals surface area contributed by atoms with Gasteiger partial charge in [-0.05, 0) is 36.8 Å². The lowest BCUT2D eigenvalue weighted by Gasteiger charge is -2.12. The van der Waals surface area contributed by atoms with Crippen LogP contribution in [0.3, 0.4) is 0 Å². The van der Waals surface area contributed by atoms with Gasteiger partial charge in [-0.15, -0.1) is 11.8 Å². The summed E-state index contributed by atoms with van der Waals surface area (Å²) < 4.78 is 18.2. The molecule has 0 bridgehead atoms. The van der Waals surface area contributed by atoms with E-state index >= 15 is 0 Å². The first-order valence-corrected chi connectivity index (χ1v) is 8.25. The Bertz CT molecular complexity index is 718. The molecule has 0 aliphatic heterocycles. The van der Waals surface area contributed by atoms with Crippen molar-refractivity contribution in [1.29, 1.82) is 0 Å². The van der Waals surface area contributed by atoms with Gasteiger partial charge in [0.25, 0.3) is 0 Å². The molecular formula is C18H18FNO3S. The molecule has 1 unspecified atom stereocenters. The van der Waals surface area contributed by atoms with Crippen LogP contribution in [0, 0.1) is 5.82 Å². The van der Waals surface area contributed by atoms with Crippen molar-refractivity contribution < 1.29 is 18.7 Å². The van der Waals surface area contributed by atoms with E-state index in [0.29, 0.717) is 17.0 Å². The Balaban J connectivity index is 1.88. The monoisotopic (exact) mass is 347 g/mol. The predicted molar refractivity (Wildman–Crippen MR) is 91.3 cm³/mol. The molecule has 0 spiro atoms. The molecule has 126 valence electrons. The SMILES string of the molecule is COC(=O)c1ccc(CNC(=O)C(C)Sc2ccccc2F)cc1. The zero-order chi connectivity index (χ0) is 17.5. The molecule has 24 heavy (non-hydrogen) atoms. The standard InChI is InChI=1S/C18H18FNO3S/c1-12(24-16-6-4-3-5-15(16)19)17(21)20-11-13-7-9-14(10-8-13)18(22)23-2/h3-10,12H,11H2,1-2H3,(H,20,21). The largest absolute Gasteiger partial charge is 0.465 e. The number of nitrogens with one attached hydrogen (secondary N) is 1. The minimum absolute atomic E-state index is 0.180. The van der Waals surface area contributed by atoms with Crippen molar-refractivity contribution in [3.05, 3.63) is 65.5 Å². The topological polar surface area (TPSA) is 55.4 Å². The van der Waals surface area contributed by atoms with E-state index in [0.717, 1.165) is 5.56 Å². The fourth-order valence-electron chi connectivity index (χ4n) is 1.99. The number of amides is 1. The Kier molecular flexibility index (Phi) is 6.37. The third-order valence-corrected chi connectivity index (χ3v) is 4.50. The summed E-state index contributed by atoms with van der Waals surface area (Å²) in [4.78, 5) is 23.9. The quantitative estimate of drug-likeness (QED) is 0.643. The van der Waals surface area contributed by atoms with Crippen LogP contribution in [0.5, 0.6) is 0 Å². The Hall–Kier alpha value is -2.34. The molecule has 0 heterocycles. The van der Waals surface area contributed by atoms with Crippen molar-refractivity contribution in [2.75, 3.05) is 7.11 Å². The average molecular weight is 347 g/mol. The van der Waals surface area contributed by atoms with Gasteiger partial charge in [0.15, 0.2) is 0 Å². The molecule has 6 heteroatoms. The molecule has 0 aromatic heterocycles. The second-order valence-electron chi connectivity index (χ2n) is 5.10. The smallest absolute Gasteiger partial charge is 0.337 e. The van der Waals surface area contributed by atoms with Gasteiger partial charge < -0.3 is 10.1 Å². The summed E-state index contributed by atoms with van der Waals surface area (Å²) >= 11 is 1.17. The zero-order valence-electron chi connectivity index (χ0n) is 13.4. The molecule has 0 saturated carbocycles. The highest BCUT2D eigenvalue weighted by Gasteiger charge is 2.16. The van der Waals surface area contributed by atoms with Gasteiger partial charge in [-0.2, -0.15) is 0 Å². The minimum Gasteiger partial charge on any atom is -0.465 e. The van der Waals surface area contributed by atoms with E-state index in [2.05, 4.69) is 10.1 Å². The molecular weight excluding hydrogens is 329 g/mol. The molecule has 1 N–H and O–H groups in total. The maximum Gasteiger partial charge on any atom is 0.337 e. The van der Waals surface area contributed by atoms with Crippen LogP contribution in [-0.2, 0) is 16.1 Å². The van der Waals surface area contributed by atoms with E-state index in [9.17, 15) is 14.0 Å². The zero-order valence-corrected chi connectivity index (χ0v) is 14.2. The average Bonchev–Trinajstić information content (AvgIpc) is 2.61. The Morgan fingerprint density at radius 1 is 1.17 bits per heavy atom. The first-order chi connectivity index (χ1) is 11.5. The Labute approximate surface area is 144 Å². The third kappa shape index (κ3) is 4.83. The molecule has 0 aliphatic rings. The number of methoxy groups -OCH3 is 1. The number of ether oxygens (including phenoxy) is 1. The van der Waals surface area contributed by atoms with Crippen LogP contribution in [0.2, 0.25) is 0 Å². The number of hydrogen-bond acceptors (Lipinski definition) is 4. The minimum atomic E-state index is -0.420. The summed E-state index contributed by atoms with van der Waals surface area (Å²) in [6.45, 7) is 2.06. The van der Waals surface area contributed by atoms with Crippen molar-refractivity contribution in [2.45, 2.75) is 23.6 Å². The van der Waals surface area contributed by atoms with E-state index in [1.165, 1.54) is 24.9 Å². The van der Waals surface area contributed by atoms with Gasteiger partial charge in [-0.3, -0.25) is 4.79 Å². The van der Waals surface area contributed by atoms with Crippen molar-refractivity contribution in [3.63, 3.8) is 0 Å². The first kappa shape index (κ1) is 18.0. The van der Waals surface area contributed by atoms with Crippen LogP contribution in [0.4, 0.5) is 4.39 Å². The number of benzene rings is 2. The van der Waals surface area contributed by atoms with Gasteiger partial charge in [0, 0.05) is 11.4 Å². The summed E-state index contributed by atoms with van der Waals surface area (Å²) in [7, 11) is 1.32. The van der Waals surface area contributed by atoms with Gasteiger partial charge in [0.2, 0.25) is 5.91 Å². The third-order valence-electron chi connectivity index (χ3n) is 3.35. The maximum absolute atomic E-state index is 13.6. The second-order valence-corrected chi connectivity index (χ2v) is 6.48. The molecule has 4 nitrogen and oxygen atoms in total. The predicted octanol–water partition coefficient (Wildman–Crippen LogP) is 3.41. The molecule has 0 radical (unpaired) electrons. The highest BCUT2D eigenvalue weighted by molar-refractivity contribution is 8.00. The lowest BCUT2D eigenvalue weighted by molar-refractivity contribution is -0.120. The van der Waals surface area contributed by atoms with E-state index in [1.807, 2.05) is 0 Å². The summed E-state index contributed by atoms with van der Waals surface area (Å²) in [6, 6.07) is 13.2. The van der Waals surface area contributed by atoms with Crippen LogP contribution < -0.4 is 5.32 Å². The highest BCUT2D eigenvalue weighted by atomic mass is 32.2. The summed E-state index contributed by atoms with van der Waals surface area (Å²) in [5, 5.41) is 2.38. The number of carbonyl (C=O) groups is 2. The molecule has 2 aromatic rings. The molecule has 2 aromatic carbocycles. The van der Waals surface area contributed by atoms with Crippen molar-refractivity contribution in [2.24, 2.45) is 0 Å². The normalized spacial score (nSPS) is 11.6. The molecule has 1 atom stereocenters. The lowest BCUT2D eigenvalue weighted by atomic mass is 10.1. The number of halogens is 1. The van der Waals surface area contributed by atoms with Crippen LogP contribution in [0.25, 0.3) is 0 Å².